The van der Waals surface area contributed by atoms with Crippen molar-refractivity contribution in [1.82, 2.24) is 35.0 Å². The van der Waals surface area contributed by atoms with Gasteiger partial charge < -0.3 is 8.98 Å². The van der Waals surface area contributed by atoms with Gasteiger partial charge in [-0.15, -0.1) is 15.3 Å². The minimum absolute atomic E-state index is 0.223. The molecule has 0 aliphatic rings. The molecule has 12 heteroatoms. The van der Waals surface area contributed by atoms with Gasteiger partial charge in [0.15, 0.2) is 0 Å². The van der Waals surface area contributed by atoms with E-state index in [1.165, 1.54) is 33.8 Å². The third-order valence-electron chi connectivity index (χ3n) is 6.31. The van der Waals surface area contributed by atoms with Crippen molar-refractivity contribution in [2.24, 2.45) is 0 Å². The van der Waals surface area contributed by atoms with Gasteiger partial charge in [0, 0.05) is 39.9 Å². The highest BCUT2D eigenvalue weighted by Gasteiger charge is 2.24. The zero-order valence-corrected chi connectivity index (χ0v) is 22.0. The number of nitrogens with zero attached hydrogens (tertiary/aromatic N) is 7. The zero-order chi connectivity index (χ0) is 27.6. The van der Waals surface area contributed by atoms with Crippen LogP contribution in [0, 0.1) is 5.82 Å². The van der Waals surface area contributed by atoms with Gasteiger partial charge in [0.2, 0.25) is 11.8 Å². The summed E-state index contributed by atoms with van der Waals surface area (Å²) in [5.74, 6) is 0.149. The second-order valence-electron chi connectivity index (χ2n) is 8.88. The van der Waals surface area contributed by atoms with Crippen LogP contribution < -0.4 is 5.56 Å². The van der Waals surface area contributed by atoms with Gasteiger partial charge in [-0.1, -0.05) is 35.3 Å². The third-order valence-corrected chi connectivity index (χ3v) is 6.80. The van der Waals surface area contributed by atoms with E-state index in [9.17, 15) is 9.18 Å². The fourth-order valence-corrected chi connectivity index (χ4v) is 4.65. The summed E-state index contributed by atoms with van der Waals surface area (Å²) in [6.07, 6.45) is 3.41. The quantitative estimate of drug-likeness (QED) is 0.237. The molecule has 6 rings (SSSR count). The molecule has 0 spiro atoms. The molecule has 0 amide bonds. The molecule has 3 aromatic carbocycles. The van der Waals surface area contributed by atoms with E-state index < -0.39 is 6.04 Å². The molecule has 198 valence electrons. The van der Waals surface area contributed by atoms with Crippen molar-refractivity contribution in [3.05, 3.63) is 129 Å². The number of rotatable bonds is 7. The lowest BCUT2D eigenvalue weighted by Gasteiger charge is -2.18. The van der Waals surface area contributed by atoms with Crippen molar-refractivity contribution >= 4 is 23.2 Å². The van der Waals surface area contributed by atoms with E-state index in [4.69, 9.17) is 27.6 Å². The smallest absolute Gasteiger partial charge is 0.251 e. The van der Waals surface area contributed by atoms with Crippen LogP contribution in [0.4, 0.5) is 4.39 Å². The summed E-state index contributed by atoms with van der Waals surface area (Å²) in [6.45, 7) is 0. The van der Waals surface area contributed by atoms with Gasteiger partial charge in [-0.3, -0.25) is 4.79 Å². The molecule has 3 aromatic heterocycles. The lowest BCUT2D eigenvalue weighted by atomic mass is 10.0. The fourth-order valence-electron chi connectivity index (χ4n) is 4.35. The average Bonchev–Trinajstić information content (AvgIpc) is 3.67. The first-order valence-electron chi connectivity index (χ1n) is 12.0. The molecule has 6 aromatic rings. The van der Waals surface area contributed by atoms with E-state index >= 15 is 0 Å². The summed E-state index contributed by atoms with van der Waals surface area (Å²) in [7, 11) is 0. The number of benzene rings is 3. The van der Waals surface area contributed by atoms with Gasteiger partial charge in [0.25, 0.3) is 5.56 Å². The molecule has 0 fully saturated rings. The molecule has 0 bridgehead atoms. The summed E-state index contributed by atoms with van der Waals surface area (Å²) in [5, 5.41) is 20.9. The van der Waals surface area contributed by atoms with Crippen LogP contribution in [0.25, 0.3) is 28.3 Å². The number of aromatic nitrogens is 7. The van der Waals surface area contributed by atoms with Crippen LogP contribution in [0.5, 0.6) is 0 Å². The average molecular weight is 574 g/mol. The van der Waals surface area contributed by atoms with Crippen molar-refractivity contribution in [3.63, 3.8) is 0 Å². The molecule has 3 heterocycles. The van der Waals surface area contributed by atoms with E-state index in [1.807, 2.05) is 0 Å². The normalized spacial score (nSPS) is 12.0. The molecule has 9 nitrogen and oxygen atoms in total. The van der Waals surface area contributed by atoms with Gasteiger partial charge >= 0.3 is 0 Å². The molecule has 0 saturated heterocycles. The topological polar surface area (TPSA) is 105 Å². The van der Waals surface area contributed by atoms with Crippen molar-refractivity contribution in [1.29, 1.82) is 0 Å². The Morgan fingerprint density at radius 1 is 0.875 bits per heavy atom. The second-order valence-corrected chi connectivity index (χ2v) is 9.75. The van der Waals surface area contributed by atoms with Gasteiger partial charge in [-0.05, 0) is 82.2 Å². The molecule has 0 unspecified atom stereocenters. The van der Waals surface area contributed by atoms with Crippen LogP contribution in [-0.2, 0) is 6.42 Å². The molecule has 0 radical (unpaired) electrons. The molecular weight excluding hydrogens is 556 g/mol. The highest BCUT2D eigenvalue weighted by Crippen LogP contribution is 2.30. The summed E-state index contributed by atoms with van der Waals surface area (Å²) in [5.41, 5.74) is 3.08. The summed E-state index contributed by atoms with van der Waals surface area (Å²) in [4.78, 5) is 13.6. The van der Waals surface area contributed by atoms with E-state index in [0.717, 1.165) is 5.56 Å². The SMILES string of the molecule is O=c1cc(-c2cc(Cl)ccc2-n2cnnn2)ccn1[C@@H](Cc1ccc(F)cc1)c1nnc(-c2ccc(Cl)cc2)o1. The van der Waals surface area contributed by atoms with Crippen molar-refractivity contribution in [2.45, 2.75) is 12.5 Å². The minimum Gasteiger partial charge on any atom is -0.418 e. The highest BCUT2D eigenvalue weighted by atomic mass is 35.5. The number of hydrogen-bond acceptors (Lipinski definition) is 7. The Bertz CT molecular complexity index is 1840. The monoisotopic (exact) mass is 573 g/mol. The maximum Gasteiger partial charge on any atom is 0.251 e. The number of pyridine rings is 1. The first kappa shape index (κ1) is 25.6. The Kier molecular flexibility index (Phi) is 6.93. The molecule has 1 atom stereocenters. The number of hydrogen-bond donors (Lipinski definition) is 0. The summed E-state index contributed by atoms with van der Waals surface area (Å²) < 4.78 is 22.6. The minimum atomic E-state index is -0.668. The number of halogens is 3. The molecule has 0 aliphatic carbocycles. The van der Waals surface area contributed by atoms with E-state index in [2.05, 4.69) is 25.7 Å². The molecule has 0 N–H and O–H groups in total. The van der Waals surface area contributed by atoms with Crippen LogP contribution >= 0.6 is 23.2 Å². The zero-order valence-electron chi connectivity index (χ0n) is 20.5. The van der Waals surface area contributed by atoms with E-state index in [0.29, 0.717) is 38.8 Å². The summed E-state index contributed by atoms with van der Waals surface area (Å²) in [6, 6.07) is 20.9. The summed E-state index contributed by atoms with van der Waals surface area (Å²) >= 11 is 12.3. The van der Waals surface area contributed by atoms with Crippen LogP contribution in [0.2, 0.25) is 10.0 Å². The van der Waals surface area contributed by atoms with Crippen LogP contribution in [0.15, 0.2) is 101 Å². The van der Waals surface area contributed by atoms with Gasteiger partial charge in [0.05, 0.1) is 5.69 Å². The van der Waals surface area contributed by atoms with Crippen molar-refractivity contribution in [2.75, 3.05) is 0 Å². The second kappa shape index (κ2) is 10.8. The Morgan fingerprint density at radius 2 is 1.65 bits per heavy atom. The first-order valence-corrected chi connectivity index (χ1v) is 12.8. The van der Waals surface area contributed by atoms with Gasteiger partial charge in [-0.25, -0.2) is 4.39 Å². The Morgan fingerprint density at radius 3 is 2.38 bits per heavy atom. The Labute approximate surface area is 236 Å². The van der Waals surface area contributed by atoms with Crippen molar-refractivity contribution in [3.8, 4) is 28.3 Å². The molecular formula is C28H18Cl2FN7O2. The fraction of sp³-hybridized carbons (Fsp3) is 0.0714. The lowest BCUT2D eigenvalue weighted by molar-refractivity contribution is 0.410. The Hall–Kier alpha value is -4.67. The first-order chi connectivity index (χ1) is 19.4. The predicted octanol–water partition coefficient (Wildman–Crippen LogP) is 5.82. The largest absolute Gasteiger partial charge is 0.418 e. The molecule has 0 aliphatic heterocycles. The van der Waals surface area contributed by atoms with Gasteiger partial charge in [0.1, 0.15) is 18.2 Å². The van der Waals surface area contributed by atoms with Crippen LogP contribution in [0.3, 0.4) is 0 Å². The van der Waals surface area contributed by atoms with Crippen molar-refractivity contribution < 1.29 is 8.81 Å². The lowest BCUT2D eigenvalue weighted by Crippen LogP contribution is -2.26. The predicted molar refractivity (Wildman–Crippen MR) is 147 cm³/mol. The number of tetrazole rings is 1. The van der Waals surface area contributed by atoms with Crippen LogP contribution in [0.1, 0.15) is 17.5 Å². The van der Waals surface area contributed by atoms with Gasteiger partial charge in [-0.2, -0.15) is 4.68 Å². The van der Waals surface area contributed by atoms with Crippen LogP contribution in [-0.4, -0.2) is 35.0 Å². The molecule has 0 saturated carbocycles. The maximum absolute atomic E-state index is 13.6. The van der Waals surface area contributed by atoms with E-state index in [1.54, 1.807) is 66.9 Å². The maximum atomic E-state index is 13.6. The highest BCUT2D eigenvalue weighted by molar-refractivity contribution is 6.31. The van der Waals surface area contributed by atoms with E-state index in [-0.39, 0.29) is 23.2 Å². The standard InChI is InChI=1S/C28H18Cl2FN7O2/c29-20-5-3-18(4-6-20)27-33-34-28(40-27)25(13-17-1-8-22(31)9-2-17)37-12-11-19(14-26(37)39)23-15-21(30)7-10-24(23)38-16-32-35-36-38/h1-12,14-16,25H,13H2/t25-/m0/s1. The third kappa shape index (κ3) is 5.27. The Balaban J connectivity index is 1.41. The molecule has 40 heavy (non-hydrogen) atoms.